The van der Waals surface area contributed by atoms with Gasteiger partial charge in [0.2, 0.25) is 5.76 Å². The molecule has 2 heterocycles. The number of unbranched alkanes of at least 4 members (excludes halogenated alkanes) is 1. The van der Waals surface area contributed by atoms with Crippen LogP contribution in [0, 0.1) is 5.82 Å². The fourth-order valence-electron chi connectivity index (χ4n) is 3.84. The first kappa shape index (κ1) is 21.1. The number of halogens is 1. The van der Waals surface area contributed by atoms with E-state index in [-0.39, 0.29) is 34.7 Å². The van der Waals surface area contributed by atoms with Gasteiger partial charge in [0.1, 0.15) is 17.1 Å². The highest BCUT2D eigenvalue weighted by Gasteiger charge is 2.42. The molecule has 0 bridgehead atoms. The summed E-state index contributed by atoms with van der Waals surface area (Å²) >= 11 is 0. The van der Waals surface area contributed by atoms with Crippen LogP contribution in [-0.4, -0.2) is 37.7 Å². The molecule has 6 nitrogen and oxygen atoms in total. The predicted octanol–water partition coefficient (Wildman–Crippen LogP) is 4.30. The van der Waals surface area contributed by atoms with Crippen LogP contribution in [0.5, 0.6) is 5.75 Å². The van der Waals surface area contributed by atoms with E-state index < -0.39 is 17.3 Å². The number of amides is 1. The molecule has 4 rings (SSSR count). The molecule has 0 radical (unpaired) electrons. The topological polar surface area (TPSA) is 69.0 Å². The average molecular weight is 425 g/mol. The van der Waals surface area contributed by atoms with Gasteiger partial charge in [-0.15, -0.1) is 0 Å². The maximum Gasteiger partial charge on any atom is 0.290 e. The molecule has 162 valence electrons. The molecule has 3 aromatic rings. The molecule has 0 spiro atoms. The molecular formula is C24H24FNO5. The summed E-state index contributed by atoms with van der Waals surface area (Å²) in [7, 11) is 1.55. The Hall–Kier alpha value is -3.19. The first-order chi connectivity index (χ1) is 15.0. The van der Waals surface area contributed by atoms with Crippen LogP contribution in [0.3, 0.4) is 0 Å². The van der Waals surface area contributed by atoms with E-state index in [9.17, 15) is 14.0 Å². The molecule has 7 heteroatoms. The van der Waals surface area contributed by atoms with Crippen molar-refractivity contribution in [2.45, 2.75) is 25.8 Å². The van der Waals surface area contributed by atoms with Crippen LogP contribution in [0.15, 0.2) is 51.7 Å². The molecule has 1 unspecified atom stereocenters. The van der Waals surface area contributed by atoms with Gasteiger partial charge in [0.05, 0.1) is 30.2 Å². The smallest absolute Gasteiger partial charge is 0.290 e. The summed E-state index contributed by atoms with van der Waals surface area (Å²) in [6, 6.07) is 10.4. The number of methoxy groups -OCH3 is 1. The summed E-state index contributed by atoms with van der Waals surface area (Å²) in [6.45, 7) is 3.30. The minimum absolute atomic E-state index is 0.00603. The van der Waals surface area contributed by atoms with Crippen LogP contribution in [-0.2, 0) is 4.74 Å². The molecule has 2 aromatic carbocycles. The van der Waals surface area contributed by atoms with E-state index in [4.69, 9.17) is 13.9 Å². The Morgan fingerprint density at radius 3 is 2.58 bits per heavy atom. The van der Waals surface area contributed by atoms with Gasteiger partial charge in [-0.05, 0) is 42.3 Å². The quantitative estimate of drug-likeness (QED) is 0.503. The second-order valence-electron chi connectivity index (χ2n) is 7.48. The Balaban J connectivity index is 1.80. The van der Waals surface area contributed by atoms with Gasteiger partial charge in [-0.3, -0.25) is 9.59 Å². The van der Waals surface area contributed by atoms with Crippen LogP contribution < -0.4 is 10.2 Å². The maximum absolute atomic E-state index is 13.8. The fourth-order valence-corrected chi connectivity index (χ4v) is 3.84. The third-order valence-electron chi connectivity index (χ3n) is 5.43. The largest absolute Gasteiger partial charge is 0.494 e. The number of nitrogens with zero attached hydrogens (tertiary/aromatic N) is 1. The van der Waals surface area contributed by atoms with Crippen molar-refractivity contribution in [3.63, 3.8) is 0 Å². The molecule has 1 amide bonds. The van der Waals surface area contributed by atoms with Crippen molar-refractivity contribution in [2.24, 2.45) is 0 Å². The van der Waals surface area contributed by atoms with Crippen LogP contribution in [0.1, 0.15) is 47.5 Å². The lowest BCUT2D eigenvalue weighted by Crippen LogP contribution is -2.32. The Morgan fingerprint density at radius 2 is 1.87 bits per heavy atom. The van der Waals surface area contributed by atoms with Crippen molar-refractivity contribution < 1.29 is 23.1 Å². The van der Waals surface area contributed by atoms with Gasteiger partial charge in [0.15, 0.2) is 5.43 Å². The normalized spacial score (nSPS) is 15.5. The predicted molar refractivity (Wildman–Crippen MR) is 114 cm³/mol. The van der Waals surface area contributed by atoms with Gasteiger partial charge in [-0.2, -0.15) is 0 Å². The van der Waals surface area contributed by atoms with E-state index in [1.165, 1.54) is 12.1 Å². The molecule has 1 aliphatic rings. The lowest BCUT2D eigenvalue weighted by molar-refractivity contribution is 0.0663. The summed E-state index contributed by atoms with van der Waals surface area (Å²) in [5.74, 6) is -0.208. The third-order valence-corrected chi connectivity index (χ3v) is 5.43. The zero-order chi connectivity index (χ0) is 22.0. The summed E-state index contributed by atoms with van der Waals surface area (Å²) in [5.41, 5.74) is 0.746. The van der Waals surface area contributed by atoms with Crippen molar-refractivity contribution in [1.82, 2.24) is 4.90 Å². The SMILES string of the molecule is CCCCOc1ccc(C2c3c(oc4ccc(F)cc4c3=O)C(=O)N2CCOC)cc1. The monoisotopic (exact) mass is 425 g/mol. The summed E-state index contributed by atoms with van der Waals surface area (Å²) in [4.78, 5) is 28.0. The van der Waals surface area contributed by atoms with Crippen molar-refractivity contribution >= 4 is 16.9 Å². The third kappa shape index (κ3) is 3.93. The minimum atomic E-state index is -0.647. The van der Waals surface area contributed by atoms with Crippen LogP contribution in [0.2, 0.25) is 0 Å². The number of rotatable bonds is 8. The fraction of sp³-hybridized carbons (Fsp3) is 0.333. The molecule has 0 fully saturated rings. The highest BCUT2D eigenvalue weighted by molar-refractivity contribution is 5.99. The average Bonchev–Trinajstić information content (AvgIpc) is 3.05. The molecule has 1 aromatic heterocycles. The zero-order valence-electron chi connectivity index (χ0n) is 17.5. The van der Waals surface area contributed by atoms with Gasteiger partial charge < -0.3 is 18.8 Å². The number of carbonyl (C=O) groups is 1. The Morgan fingerprint density at radius 1 is 1.10 bits per heavy atom. The highest BCUT2D eigenvalue weighted by Crippen LogP contribution is 2.38. The Kier molecular flexibility index (Phi) is 6.04. The lowest BCUT2D eigenvalue weighted by Gasteiger charge is -2.25. The zero-order valence-corrected chi connectivity index (χ0v) is 17.5. The second-order valence-corrected chi connectivity index (χ2v) is 7.48. The van der Waals surface area contributed by atoms with Crippen molar-refractivity contribution in [3.8, 4) is 5.75 Å². The lowest BCUT2D eigenvalue weighted by atomic mass is 9.98. The number of benzene rings is 2. The van der Waals surface area contributed by atoms with Gasteiger partial charge >= 0.3 is 0 Å². The Labute approximate surface area is 179 Å². The standard InChI is InChI=1S/C24H24FNO5/c1-3-4-12-30-17-8-5-15(6-9-17)21-20-22(27)18-14-16(25)7-10-19(18)31-23(20)24(28)26(21)11-13-29-2/h5-10,14,21H,3-4,11-13H2,1-2H3. The highest BCUT2D eigenvalue weighted by atomic mass is 19.1. The van der Waals surface area contributed by atoms with Gasteiger partial charge in [-0.1, -0.05) is 25.5 Å². The van der Waals surface area contributed by atoms with E-state index in [1.807, 2.05) is 24.3 Å². The van der Waals surface area contributed by atoms with E-state index in [2.05, 4.69) is 6.92 Å². The van der Waals surface area contributed by atoms with E-state index in [1.54, 1.807) is 12.0 Å². The molecule has 1 atom stereocenters. The number of ether oxygens (including phenoxy) is 2. The minimum Gasteiger partial charge on any atom is -0.494 e. The molecule has 0 saturated heterocycles. The number of hydrogen-bond donors (Lipinski definition) is 0. The van der Waals surface area contributed by atoms with E-state index in [0.29, 0.717) is 13.2 Å². The first-order valence-corrected chi connectivity index (χ1v) is 10.3. The molecule has 0 N–H and O–H groups in total. The molecule has 0 aliphatic carbocycles. The maximum atomic E-state index is 13.8. The molecule has 0 saturated carbocycles. The van der Waals surface area contributed by atoms with E-state index >= 15 is 0 Å². The van der Waals surface area contributed by atoms with Crippen LogP contribution in [0.4, 0.5) is 4.39 Å². The summed E-state index contributed by atoms with van der Waals surface area (Å²) in [5, 5.41) is 0.115. The van der Waals surface area contributed by atoms with Crippen molar-refractivity contribution in [3.05, 3.63) is 75.4 Å². The van der Waals surface area contributed by atoms with Crippen LogP contribution >= 0.6 is 0 Å². The molecule has 1 aliphatic heterocycles. The van der Waals surface area contributed by atoms with Crippen LogP contribution in [0.25, 0.3) is 11.0 Å². The van der Waals surface area contributed by atoms with Crippen molar-refractivity contribution in [2.75, 3.05) is 26.9 Å². The van der Waals surface area contributed by atoms with Gasteiger partial charge in [-0.25, -0.2) is 4.39 Å². The number of carbonyl (C=O) groups excluding carboxylic acids is 1. The van der Waals surface area contributed by atoms with Gasteiger partial charge in [0.25, 0.3) is 5.91 Å². The molecular weight excluding hydrogens is 401 g/mol. The van der Waals surface area contributed by atoms with Gasteiger partial charge in [0, 0.05) is 13.7 Å². The second kappa shape index (κ2) is 8.89. The summed E-state index contributed by atoms with van der Waals surface area (Å²) in [6.07, 6.45) is 2.00. The van der Waals surface area contributed by atoms with Crippen molar-refractivity contribution in [1.29, 1.82) is 0 Å². The first-order valence-electron chi connectivity index (χ1n) is 10.3. The Bertz CT molecular complexity index is 1160. The number of fused-ring (bicyclic) bond motifs is 2. The molecule has 31 heavy (non-hydrogen) atoms. The number of hydrogen-bond acceptors (Lipinski definition) is 5. The summed E-state index contributed by atoms with van der Waals surface area (Å²) < 4.78 is 30.5. The van der Waals surface area contributed by atoms with E-state index in [0.717, 1.165) is 30.2 Å².